The zero-order valence-corrected chi connectivity index (χ0v) is 18.1. The van der Waals surface area contributed by atoms with E-state index in [1.54, 1.807) is 6.92 Å². The largest absolute Gasteiger partial charge is 0.461 e. The van der Waals surface area contributed by atoms with Crippen molar-refractivity contribution < 1.29 is 9.53 Å². The van der Waals surface area contributed by atoms with E-state index in [1.165, 1.54) is 5.56 Å². The van der Waals surface area contributed by atoms with Gasteiger partial charge in [-0.15, -0.1) is 0 Å². The molecule has 2 aromatic rings. The minimum Gasteiger partial charge on any atom is -0.461 e. The molecule has 142 valence electrons. The van der Waals surface area contributed by atoms with Crippen LogP contribution in [0.25, 0.3) is 0 Å². The number of anilines is 1. The molecule has 1 heterocycles. The third-order valence-electron chi connectivity index (χ3n) is 4.65. The number of carbonyl (C=O) groups is 1. The van der Waals surface area contributed by atoms with Gasteiger partial charge in [-0.2, -0.15) is 0 Å². The average molecular weight is 450 g/mol. The molecule has 0 radical (unpaired) electrons. The van der Waals surface area contributed by atoms with E-state index in [-0.39, 0.29) is 12.1 Å². The molecular weight excluding hydrogens is 428 g/mol. The van der Waals surface area contributed by atoms with Crippen LogP contribution in [-0.2, 0) is 9.53 Å². The van der Waals surface area contributed by atoms with Gasteiger partial charge in [0.15, 0.2) is 5.70 Å². The molecule has 0 saturated carbocycles. The first-order valence-electron chi connectivity index (χ1n) is 8.76. The zero-order chi connectivity index (χ0) is 19.7. The van der Waals surface area contributed by atoms with Crippen molar-refractivity contribution in [2.24, 2.45) is 0 Å². The lowest BCUT2D eigenvalue weighted by Gasteiger charge is -2.33. The molecule has 27 heavy (non-hydrogen) atoms. The number of likely N-dealkylation sites (N-methyl/N-ethyl adjacent to an activating group) is 1. The Morgan fingerprint density at radius 2 is 1.85 bits per heavy atom. The number of rotatable bonds is 4. The number of hydrogen-bond donors (Lipinski definition) is 0. The molecule has 0 fully saturated rings. The second-order valence-electron chi connectivity index (χ2n) is 6.55. The lowest BCUT2D eigenvalue weighted by molar-refractivity contribution is -0.140. The van der Waals surface area contributed by atoms with E-state index < -0.39 is 0 Å². The molecule has 0 aromatic heterocycles. The van der Waals surface area contributed by atoms with Crippen LogP contribution < -0.4 is 4.90 Å². The van der Waals surface area contributed by atoms with E-state index in [1.807, 2.05) is 36.2 Å². The third-order valence-corrected chi connectivity index (χ3v) is 5.66. The highest BCUT2D eigenvalue weighted by molar-refractivity contribution is 9.11. The van der Waals surface area contributed by atoms with E-state index >= 15 is 0 Å². The topological polar surface area (TPSA) is 32.8 Å². The highest BCUT2D eigenvalue weighted by Crippen LogP contribution is 2.45. The van der Waals surface area contributed by atoms with Crippen molar-refractivity contribution in [3.63, 3.8) is 0 Å². The van der Waals surface area contributed by atoms with E-state index in [4.69, 9.17) is 16.3 Å². The molecule has 0 saturated heterocycles. The number of benzene rings is 2. The van der Waals surface area contributed by atoms with Gasteiger partial charge in [0.2, 0.25) is 0 Å². The molecule has 0 bridgehead atoms. The lowest BCUT2D eigenvalue weighted by Crippen LogP contribution is -2.32. The minimum atomic E-state index is -0.349. The summed E-state index contributed by atoms with van der Waals surface area (Å²) in [7, 11) is 1.91. The van der Waals surface area contributed by atoms with Gasteiger partial charge >= 0.3 is 5.97 Å². The number of ether oxygens (including phenoxy) is 1. The highest BCUT2D eigenvalue weighted by atomic mass is 79.9. The number of esters is 1. The maximum atomic E-state index is 12.6. The molecule has 1 unspecified atom stereocenters. The lowest BCUT2D eigenvalue weighted by atomic mass is 10.0. The molecule has 0 amide bonds. The molecule has 3 rings (SSSR count). The summed E-state index contributed by atoms with van der Waals surface area (Å²) in [5.74, 6) is -0.349. The first-order chi connectivity index (χ1) is 12.8. The quantitative estimate of drug-likeness (QED) is 0.453. The normalized spacial score (nSPS) is 16.9. The number of carbonyl (C=O) groups excluding carboxylic acids is 1. The van der Waals surface area contributed by atoms with Crippen LogP contribution in [0.5, 0.6) is 0 Å². The summed E-state index contributed by atoms with van der Waals surface area (Å²) < 4.78 is 5.96. The Labute approximate surface area is 173 Å². The maximum absolute atomic E-state index is 12.6. The molecule has 1 aliphatic rings. The van der Waals surface area contributed by atoms with Crippen molar-refractivity contribution in [2.45, 2.75) is 26.9 Å². The van der Waals surface area contributed by atoms with Gasteiger partial charge in [-0.25, -0.2) is 4.79 Å². The van der Waals surface area contributed by atoms with Crippen LogP contribution in [0.2, 0.25) is 5.02 Å². The van der Waals surface area contributed by atoms with E-state index in [0.29, 0.717) is 21.9 Å². The van der Waals surface area contributed by atoms with E-state index in [2.05, 4.69) is 52.9 Å². The molecule has 0 spiro atoms. The molecule has 0 N–H and O–H groups in total. The van der Waals surface area contributed by atoms with E-state index in [0.717, 1.165) is 16.8 Å². The van der Waals surface area contributed by atoms with Crippen LogP contribution in [0.3, 0.4) is 0 Å². The SMILES string of the molecule is CCOC(=O)C1=C(Br)N(c2ccc(Cl)cc2)C(c2ccc(C)cc2C)N1C. The first kappa shape index (κ1) is 19.8. The van der Waals surface area contributed by atoms with Crippen molar-refractivity contribution >= 4 is 39.2 Å². The highest BCUT2D eigenvalue weighted by Gasteiger charge is 2.41. The minimum absolute atomic E-state index is 0.180. The molecule has 1 aliphatic heterocycles. The predicted molar refractivity (Wildman–Crippen MR) is 113 cm³/mol. The van der Waals surface area contributed by atoms with Crippen molar-refractivity contribution in [1.29, 1.82) is 0 Å². The van der Waals surface area contributed by atoms with Gasteiger partial charge in [-0.05, 0) is 72.1 Å². The van der Waals surface area contributed by atoms with E-state index in [9.17, 15) is 4.79 Å². The average Bonchev–Trinajstić information content (AvgIpc) is 2.87. The van der Waals surface area contributed by atoms with Crippen LogP contribution >= 0.6 is 27.5 Å². The van der Waals surface area contributed by atoms with Crippen molar-refractivity contribution in [2.75, 3.05) is 18.6 Å². The number of hydrogen-bond acceptors (Lipinski definition) is 4. The Hall–Kier alpha value is -1.98. The zero-order valence-electron chi connectivity index (χ0n) is 15.8. The molecule has 4 nitrogen and oxygen atoms in total. The third kappa shape index (κ3) is 3.71. The number of nitrogens with zero attached hydrogens (tertiary/aromatic N) is 2. The predicted octanol–water partition coefficient (Wildman–Crippen LogP) is 5.53. The van der Waals surface area contributed by atoms with Crippen LogP contribution in [0.4, 0.5) is 5.69 Å². The fraction of sp³-hybridized carbons (Fsp3) is 0.286. The maximum Gasteiger partial charge on any atom is 0.357 e. The van der Waals surface area contributed by atoms with Crippen LogP contribution in [-0.4, -0.2) is 24.5 Å². The summed E-state index contributed by atoms with van der Waals surface area (Å²) in [4.78, 5) is 16.6. The molecule has 2 aromatic carbocycles. The van der Waals surface area contributed by atoms with Gasteiger partial charge < -0.3 is 14.5 Å². The fourth-order valence-corrected chi connectivity index (χ4v) is 4.38. The van der Waals surface area contributed by atoms with Gasteiger partial charge in [0.05, 0.1) is 6.61 Å². The van der Waals surface area contributed by atoms with Gasteiger partial charge in [0.25, 0.3) is 0 Å². The second kappa shape index (κ2) is 7.95. The summed E-state index contributed by atoms with van der Waals surface area (Å²) in [6.07, 6.45) is -0.180. The van der Waals surface area contributed by atoms with Gasteiger partial charge in [-0.1, -0.05) is 35.4 Å². The molecule has 6 heteroatoms. The summed E-state index contributed by atoms with van der Waals surface area (Å²) in [5.41, 5.74) is 4.91. The van der Waals surface area contributed by atoms with Crippen molar-refractivity contribution in [3.05, 3.63) is 74.5 Å². The molecule has 1 atom stereocenters. The van der Waals surface area contributed by atoms with Crippen molar-refractivity contribution in [1.82, 2.24) is 4.90 Å². The van der Waals surface area contributed by atoms with Crippen LogP contribution in [0.15, 0.2) is 52.8 Å². The standard InChI is InChI=1S/C21H22BrClN2O2/c1-5-27-21(26)18-19(22)25(16-9-7-15(23)8-10-16)20(24(18)4)17-11-6-13(2)12-14(17)3/h6-12,20H,5H2,1-4H3. The summed E-state index contributed by atoms with van der Waals surface area (Å²) in [6, 6.07) is 13.9. The van der Waals surface area contributed by atoms with Crippen molar-refractivity contribution in [3.8, 4) is 0 Å². The summed E-state index contributed by atoms with van der Waals surface area (Å²) in [6.45, 7) is 6.29. The number of aryl methyl sites for hydroxylation is 2. The molecule has 0 aliphatic carbocycles. The fourth-order valence-electron chi connectivity index (χ4n) is 3.41. The van der Waals surface area contributed by atoms with Crippen LogP contribution in [0.1, 0.15) is 29.8 Å². The monoisotopic (exact) mass is 448 g/mol. The van der Waals surface area contributed by atoms with Gasteiger partial charge in [0, 0.05) is 17.8 Å². The summed E-state index contributed by atoms with van der Waals surface area (Å²) in [5, 5.41) is 0.667. The second-order valence-corrected chi connectivity index (χ2v) is 7.74. The Balaban J connectivity index is 2.15. The summed E-state index contributed by atoms with van der Waals surface area (Å²) >= 11 is 9.72. The number of halogens is 2. The van der Waals surface area contributed by atoms with Crippen LogP contribution in [0, 0.1) is 13.8 Å². The first-order valence-corrected chi connectivity index (χ1v) is 9.94. The molecular formula is C21H22BrClN2O2. The Morgan fingerprint density at radius 1 is 1.19 bits per heavy atom. The van der Waals surface area contributed by atoms with Gasteiger partial charge in [-0.3, -0.25) is 0 Å². The Bertz CT molecular complexity index is 896. The Kier molecular flexibility index (Phi) is 5.82. The smallest absolute Gasteiger partial charge is 0.357 e. The van der Waals surface area contributed by atoms with Gasteiger partial charge in [0.1, 0.15) is 10.8 Å². The Morgan fingerprint density at radius 3 is 2.44 bits per heavy atom.